The van der Waals surface area contributed by atoms with Crippen LogP contribution in [0.25, 0.3) is 0 Å². The average Bonchev–Trinajstić information content (AvgIpc) is 2.70. The molecule has 1 heterocycles. The van der Waals surface area contributed by atoms with Crippen molar-refractivity contribution in [2.24, 2.45) is 4.99 Å². The van der Waals surface area contributed by atoms with Crippen LogP contribution in [0, 0.1) is 6.92 Å². The van der Waals surface area contributed by atoms with Gasteiger partial charge in [0.25, 0.3) is 0 Å². The van der Waals surface area contributed by atoms with E-state index in [2.05, 4.69) is 15.3 Å². The van der Waals surface area contributed by atoms with E-state index in [0.29, 0.717) is 19.5 Å². The Morgan fingerprint density at radius 2 is 2.33 bits per heavy atom. The number of nitrogens with zero attached hydrogens (tertiary/aromatic N) is 3. The van der Waals surface area contributed by atoms with E-state index < -0.39 is 0 Å². The fourth-order valence-corrected chi connectivity index (χ4v) is 2.05. The fourth-order valence-electron chi connectivity index (χ4n) is 1.45. The molecule has 1 aromatic rings. The molecule has 0 saturated heterocycles. The van der Waals surface area contributed by atoms with Gasteiger partial charge in [-0.15, -0.1) is 35.3 Å². The van der Waals surface area contributed by atoms with Crippen LogP contribution in [0.4, 0.5) is 4.39 Å². The zero-order valence-electron chi connectivity index (χ0n) is 10.9. The minimum atomic E-state index is -0.307. The summed E-state index contributed by atoms with van der Waals surface area (Å²) in [7, 11) is 3.67. The largest absolute Gasteiger partial charge is 0.356 e. The first-order valence-corrected chi connectivity index (χ1v) is 6.44. The summed E-state index contributed by atoms with van der Waals surface area (Å²) in [6.07, 6.45) is 0.503. The van der Waals surface area contributed by atoms with E-state index in [4.69, 9.17) is 0 Å². The van der Waals surface area contributed by atoms with Gasteiger partial charge in [-0.3, -0.25) is 9.38 Å². The van der Waals surface area contributed by atoms with Crippen LogP contribution in [0.1, 0.15) is 17.1 Å². The summed E-state index contributed by atoms with van der Waals surface area (Å²) in [5, 5.41) is 6.21. The Balaban J connectivity index is 0.00000289. The van der Waals surface area contributed by atoms with Crippen LogP contribution in [-0.4, -0.2) is 43.2 Å². The lowest BCUT2D eigenvalue weighted by molar-refractivity contribution is 0.448. The predicted molar refractivity (Wildman–Crippen MR) is 85.7 cm³/mol. The number of hydrogen-bond acceptors (Lipinski definition) is 3. The van der Waals surface area contributed by atoms with E-state index in [1.54, 1.807) is 18.4 Å². The molecule has 7 heteroatoms. The number of rotatable bonds is 5. The third kappa shape index (κ3) is 5.94. The fraction of sp³-hybridized carbons (Fsp3) is 0.636. The molecule has 0 spiro atoms. The normalized spacial score (nSPS) is 11.0. The van der Waals surface area contributed by atoms with E-state index in [0.717, 1.165) is 16.7 Å². The van der Waals surface area contributed by atoms with Gasteiger partial charge in [0.2, 0.25) is 0 Å². The van der Waals surface area contributed by atoms with Gasteiger partial charge in [-0.2, -0.15) is 0 Å². The van der Waals surface area contributed by atoms with Crippen LogP contribution in [0.5, 0.6) is 0 Å². The molecule has 0 radical (unpaired) electrons. The second kappa shape index (κ2) is 9.48. The molecule has 4 nitrogen and oxygen atoms in total. The van der Waals surface area contributed by atoms with Gasteiger partial charge >= 0.3 is 0 Å². The van der Waals surface area contributed by atoms with Gasteiger partial charge in [0.1, 0.15) is 0 Å². The summed E-state index contributed by atoms with van der Waals surface area (Å²) in [6.45, 7) is 2.99. The number of guanidine groups is 1. The quantitative estimate of drug-likeness (QED) is 0.366. The topological polar surface area (TPSA) is 40.5 Å². The molecule has 0 bridgehead atoms. The van der Waals surface area contributed by atoms with Crippen molar-refractivity contribution in [1.82, 2.24) is 15.2 Å². The molecule has 1 N–H and O–H groups in total. The van der Waals surface area contributed by atoms with E-state index in [9.17, 15) is 4.39 Å². The maximum atomic E-state index is 12.0. The van der Waals surface area contributed by atoms with Crippen LogP contribution in [0.15, 0.2) is 10.4 Å². The first kappa shape index (κ1) is 17.6. The molecule has 18 heavy (non-hydrogen) atoms. The average molecular weight is 386 g/mol. The molecular formula is C11H20FIN4S. The van der Waals surface area contributed by atoms with Gasteiger partial charge in [0.15, 0.2) is 5.96 Å². The molecule has 0 fully saturated rings. The second-order valence-corrected chi connectivity index (χ2v) is 4.79. The van der Waals surface area contributed by atoms with Crippen LogP contribution in [-0.2, 0) is 6.54 Å². The Morgan fingerprint density at radius 3 is 2.83 bits per heavy atom. The first-order chi connectivity index (χ1) is 8.17. The number of aliphatic imine (C=N–C) groups is 1. The molecule has 104 valence electrons. The summed E-state index contributed by atoms with van der Waals surface area (Å²) in [6, 6.07) is 0. The Bertz CT molecular complexity index is 370. The maximum absolute atomic E-state index is 12.0. The van der Waals surface area contributed by atoms with Gasteiger partial charge in [-0.25, -0.2) is 4.98 Å². The molecular weight excluding hydrogens is 366 g/mol. The van der Waals surface area contributed by atoms with Crippen molar-refractivity contribution in [3.8, 4) is 0 Å². The van der Waals surface area contributed by atoms with Crippen molar-refractivity contribution >= 4 is 41.3 Å². The summed E-state index contributed by atoms with van der Waals surface area (Å²) in [5.74, 6) is 0.768. The van der Waals surface area contributed by atoms with Crippen molar-refractivity contribution in [3.05, 3.63) is 16.1 Å². The third-order valence-corrected chi connectivity index (χ3v) is 3.05. The minimum absolute atomic E-state index is 0. The summed E-state index contributed by atoms with van der Waals surface area (Å²) >= 11 is 1.64. The van der Waals surface area contributed by atoms with E-state index >= 15 is 0 Å². The van der Waals surface area contributed by atoms with E-state index in [1.165, 1.54) is 0 Å². The van der Waals surface area contributed by atoms with Crippen LogP contribution < -0.4 is 5.32 Å². The lowest BCUT2D eigenvalue weighted by atomic mass is 10.4. The van der Waals surface area contributed by atoms with Crippen molar-refractivity contribution in [2.45, 2.75) is 19.9 Å². The zero-order chi connectivity index (χ0) is 12.7. The van der Waals surface area contributed by atoms with Crippen molar-refractivity contribution in [2.75, 3.05) is 27.3 Å². The summed E-state index contributed by atoms with van der Waals surface area (Å²) < 4.78 is 12.0. The summed E-state index contributed by atoms with van der Waals surface area (Å²) in [5.41, 5.74) is 1.03. The minimum Gasteiger partial charge on any atom is -0.356 e. The smallest absolute Gasteiger partial charge is 0.193 e. The maximum Gasteiger partial charge on any atom is 0.193 e. The van der Waals surface area contributed by atoms with Crippen LogP contribution >= 0.6 is 35.3 Å². The highest BCUT2D eigenvalue weighted by Crippen LogP contribution is 2.09. The molecule has 1 aromatic heterocycles. The lowest BCUT2D eigenvalue weighted by Crippen LogP contribution is -2.39. The van der Waals surface area contributed by atoms with Crippen molar-refractivity contribution < 1.29 is 4.39 Å². The Labute approximate surface area is 129 Å². The Morgan fingerprint density at radius 1 is 1.61 bits per heavy atom. The first-order valence-electron chi connectivity index (χ1n) is 5.56. The molecule has 0 aromatic carbocycles. The molecule has 0 aliphatic rings. The van der Waals surface area contributed by atoms with Crippen LogP contribution in [0.3, 0.4) is 0 Å². The third-order valence-electron chi connectivity index (χ3n) is 2.23. The highest BCUT2D eigenvalue weighted by Gasteiger charge is 2.07. The molecule has 0 amide bonds. The van der Waals surface area contributed by atoms with E-state index in [-0.39, 0.29) is 30.7 Å². The van der Waals surface area contributed by atoms with Gasteiger partial charge in [0.05, 0.1) is 23.9 Å². The molecule has 0 unspecified atom stereocenters. The summed E-state index contributed by atoms with van der Waals surface area (Å²) in [4.78, 5) is 10.5. The monoisotopic (exact) mass is 386 g/mol. The predicted octanol–water partition coefficient (Wildman–Crippen LogP) is 2.44. The SMILES string of the molecule is CN=C(NCCCF)N(C)Cc1csc(C)n1.I. The highest BCUT2D eigenvalue weighted by atomic mass is 127. The number of hydrogen-bond donors (Lipinski definition) is 1. The molecule has 0 aliphatic heterocycles. The highest BCUT2D eigenvalue weighted by molar-refractivity contribution is 14.0. The Hall–Kier alpha value is -0.440. The Kier molecular flexibility index (Phi) is 9.25. The van der Waals surface area contributed by atoms with Crippen LogP contribution in [0.2, 0.25) is 0 Å². The number of halogens is 2. The van der Waals surface area contributed by atoms with Gasteiger partial charge < -0.3 is 10.2 Å². The standard InChI is InChI=1S/C11H19FN4S.HI/c1-9-15-10(8-17-9)7-16(3)11(13-2)14-6-4-5-12;/h8H,4-7H2,1-3H3,(H,13,14);1H. The molecule has 0 saturated carbocycles. The number of nitrogens with one attached hydrogen (secondary N) is 1. The molecule has 0 aliphatic carbocycles. The van der Waals surface area contributed by atoms with Gasteiger partial charge in [-0.1, -0.05) is 0 Å². The lowest BCUT2D eigenvalue weighted by Gasteiger charge is -2.20. The molecule has 0 atom stereocenters. The number of thiazole rings is 1. The van der Waals surface area contributed by atoms with Crippen molar-refractivity contribution in [1.29, 1.82) is 0 Å². The van der Waals surface area contributed by atoms with Crippen molar-refractivity contribution in [3.63, 3.8) is 0 Å². The molecule has 1 rings (SSSR count). The second-order valence-electron chi connectivity index (χ2n) is 3.73. The zero-order valence-corrected chi connectivity index (χ0v) is 14.1. The number of aromatic nitrogens is 1. The number of aryl methyl sites for hydroxylation is 1. The number of alkyl halides is 1. The van der Waals surface area contributed by atoms with Gasteiger partial charge in [0, 0.05) is 26.0 Å². The van der Waals surface area contributed by atoms with Gasteiger partial charge in [-0.05, 0) is 13.3 Å². The van der Waals surface area contributed by atoms with E-state index in [1.807, 2.05) is 24.3 Å².